The summed E-state index contributed by atoms with van der Waals surface area (Å²) in [5.74, 6) is 1.01. The van der Waals surface area contributed by atoms with Crippen LogP contribution in [0.4, 0.5) is 0 Å². The first-order valence-electron chi connectivity index (χ1n) is 6.66. The molecule has 1 aromatic heterocycles. The molecule has 0 aliphatic rings. The van der Waals surface area contributed by atoms with Gasteiger partial charge in [0.05, 0.1) is 3.79 Å². The fourth-order valence-corrected chi connectivity index (χ4v) is 4.04. The normalized spacial score (nSPS) is 11.0. The molecule has 0 unspecified atom stereocenters. The summed E-state index contributed by atoms with van der Waals surface area (Å²) in [6.45, 7) is 2.26. The Bertz CT molecular complexity index is 307. The van der Waals surface area contributed by atoms with Gasteiger partial charge in [0, 0.05) is 4.88 Å². The number of hydrogen-bond acceptors (Lipinski definition) is 2. The predicted octanol–water partition coefficient (Wildman–Crippen LogP) is 5.89. The van der Waals surface area contributed by atoms with Crippen molar-refractivity contribution in [2.75, 3.05) is 5.75 Å². The number of halogens is 1. The van der Waals surface area contributed by atoms with Crippen molar-refractivity contribution in [2.24, 2.45) is 0 Å². The fourth-order valence-electron chi connectivity index (χ4n) is 1.91. The third-order valence-corrected chi connectivity index (χ3v) is 5.28. The second-order valence-electron chi connectivity index (χ2n) is 4.50. The summed E-state index contributed by atoms with van der Waals surface area (Å²) in [4.78, 5) is 1.53. The molecule has 0 atom stereocenters. The summed E-state index contributed by atoms with van der Waals surface area (Å²) in [7, 11) is 0. The van der Waals surface area contributed by atoms with E-state index in [4.69, 9.17) is 0 Å². The van der Waals surface area contributed by atoms with E-state index < -0.39 is 0 Å². The second kappa shape index (κ2) is 9.46. The van der Waals surface area contributed by atoms with Gasteiger partial charge in [0.1, 0.15) is 0 Å². The summed E-state index contributed by atoms with van der Waals surface area (Å²) in [5.41, 5.74) is 1.52. The van der Waals surface area contributed by atoms with E-state index in [2.05, 4.69) is 41.5 Å². The molecule has 1 heterocycles. The first kappa shape index (κ1) is 15.6. The van der Waals surface area contributed by atoms with Gasteiger partial charge >= 0.3 is 0 Å². The molecular formula is C14H23BrS2. The van der Waals surface area contributed by atoms with Gasteiger partial charge in [-0.25, -0.2) is 0 Å². The largest absolute Gasteiger partial charge is 0.179 e. The van der Waals surface area contributed by atoms with E-state index in [0.29, 0.717) is 0 Å². The van der Waals surface area contributed by atoms with Crippen molar-refractivity contribution in [1.29, 1.82) is 0 Å². The van der Waals surface area contributed by atoms with Crippen molar-refractivity contribution in [3.63, 3.8) is 0 Å². The minimum atomic E-state index is 1.01. The highest BCUT2D eigenvalue weighted by Gasteiger charge is 2.06. The fraction of sp³-hybridized carbons (Fsp3) is 0.714. The number of thiol groups is 1. The van der Waals surface area contributed by atoms with E-state index in [1.54, 1.807) is 0 Å². The minimum absolute atomic E-state index is 1.01. The Kier molecular flexibility index (Phi) is 8.67. The monoisotopic (exact) mass is 334 g/mol. The predicted molar refractivity (Wildman–Crippen MR) is 86.7 cm³/mol. The van der Waals surface area contributed by atoms with Crippen LogP contribution in [-0.4, -0.2) is 5.75 Å². The number of aryl methyl sites for hydroxylation is 2. The third kappa shape index (κ3) is 6.30. The molecule has 0 aliphatic heterocycles. The molecule has 0 radical (unpaired) electrons. The van der Waals surface area contributed by atoms with Crippen LogP contribution < -0.4 is 0 Å². The van der Waals surface area contributed by atoms with Gasteiger partial charge in [0.15, 0.2) is 0 Å². The van der Waals surface area contributed by atoms with Crippen molar-refractivity contribution in [1.82, 2.24) is 0 Å². The zero-order valence-corrected chi connectivity index (χ0v) is 14.0. The Morgan fingerprint density at radius 3 is 2.59 bits per heavy atom. The standard InChI is InChI=1S/C14H23BrS2/c1-2-3-4-5-8-12-11-13(17-14(12)15)9-6-7-10-16/h11,16H,2-10H2,1H3. The van der Waals surface area contributed by atoms with Gasteiger partial charge in [0.25, 0.3) is 0 Å². The third-order valence-electron chi connectivity index (χ3n) is 2.94. The summed E-state index contributed by atoms with van der Waals surface area (Å²) >= 11 is 9.87. The van der Waals surface area contributed by atoms with Crippen molar-refractivity contribution in [3.05, 3.63) is 20.3 Å². The van der Waals surface area contributed by atoms with Gasteiger partial charge in [-0.15, -0.1) is 11.3 Å². The lowest BCUT2D eigenvalue weighted by molar-refractivity contribution is 0.666. The van der Waals surface area contributed by atoms with Gasteiger partial charge in [-0.05, 0) is 65.4 Å². The molecule has 0 amide bonds. The maximum atomic E-state index is 4.25. The molecule has 98 valence electrons. The highest BCUT2D eigenvalue weighted by Crippen LogP contribution is 2.30. The topological polar surface area (TPSA) is 0 Å². The van der Waals surface area contributed by atoms with Gasteiger partial charge in [-0.1, -0.05) is 26.2 Å². The van der Waals surface area contributed by atoms with Crippen LogP contribution in [0.1, 0.15) is 55.9 Å². The first-order valence-corrected chi connectivity index (χ1v) is 8.90. The maximum Gasteiger partial charge on any atom is 0.0733 e. The van der Waals surface area contributed by atoms with Crippen molar-refractivity contribution >= 4 is 39.9 Å². The molecule has 0 N–H and O–H groups in total. The number of rotatable bonds is 9. The highest BCUT2D eigenvalue weighted by atomic mass is 79.9. The molecular weight excluding hydrogens is 312 g/mol. The number of unbranched alkanes of at least 4 members (excludes halogenated alkanes) is 4. The zero-order chi connectivity index (χ0) is 12.5. The van der Waals surface area contributed by atoms with Crippen molar-refractivity contribution < 1.29 is 0 Å². The zero-order valence-electron chi connectivity index (χ0n) is 10.7. The molecule has 0 aliphatic carbocycles. The Hall–Kier alpha value is 0.530. The Morgan fingerprint density at radius 1 is 1.12 bits per heavy atom. The van der Waals surface area contributed by atoms with Crippen LogP contribution in [0.3, 0.4) is 0 Å². The second-order valence-corrected chi connectivity index (χ2v) is 7.40. The molecule has 1 rings (SSSR count). The average Bonchev–Trinajstić information content (AvgIpc) is 2.66. The smallest absolute Gasteiger partial charge is 0.0733 e. The molecule has 0 aromatic carbocycles. The van der Waals surface area contributed by atoms with Crippen LogP contribution in [0.5, 0.6) is 0 Å². The Labute approximate surface area is 124 Å². The van der Waals surface area contributed by atoms with Crippen LogP contribution in [0.15, 0.2) is 9.85 Å². The Balaban J connectivity index is 2.33. The molecule has 3 heteroatoms. The molecule has 0 nitrogen and oxygen atoms in total. The molecule has 0 bridgehead atoms. The van der Waals surface area contributed by atoms with Crippen LogP contribution in [-0.2, 0) is 12.8 Å². The summed E-state index contributed by atoms with van der Waals surface area (Å²) in [6.07, 6.45) is 10.3. The maximum absolute atomic E-state index is 4.25. The van der Waals surface area contributed by atoms with Gasteiger partial charge in [-0.3, -0.25) is 0 Å². The van der Waals surface area contributed by atoms with Crippen molar-refractivity contribution in [3.8, 4) is 0 Å². The van der Waals surface area contributed by atoms with Crippen LogP contribution >= 0.6 is 39.9 Å². The molecule has 0 saturated carbocycles. The number of hydrogen-bond donors (Lipinski definition) is 1. The van der Waals surface area contributed by atoms with Gasteiger partial charge in [-0.2, -0.15) is 12.6 Å². The summed E-state index contributed by atoms with van der Waals surface area (Å²) in [6, 6.07) is 2.40. The van der Waals surface area contributed by atoms with E-state index >= 15 is 0 Å². The summed E-state index contributed by atoms with van der Waals surface area (Å²) in [5, 5.41) is 0. The van der Waals surface area contributed by atoms with E-state index in [-0.39, 0.29) is 0 Å². The molecule has 0 saturated heterocycles. The molecule has 1 aromatic rings. The van der Waals surface area contributed by atoms with E-state index in [1.165, 1.54) is 65.6 Å². The van der Waals surface area contributed by atoms with E-state index in [9.17, 15) is 0 Å². The lowest BCUT2D eigenvalue weighted by atomic mass is 10.1. The van der Waals surface area contributed by atoms with Crippen molar-refractivity contribution in [2.45, 2.75) is 58.3 Å². The first-order chi connectivity index (χ1) is 8.27. The lowest BCUT2D eigenvalue weighted by Crippen LogP contribution is -1.85. The van der Waals surface area contributed by atoms with E-state index in [1.807, 2.05) is 11.3 Å². The van der Waals surface area contributed by atoms with Crippen LogP contribution in [0.25, 0.3) is 0 Å². The SMILES string of the molecule is CCCCCCc1cc(CCCCS)sc1Br. The minimum Gasteiger partial charge on any atom is -0.179 e. The highest BCUT2D eigenvalue weighted by molar-refractivity contribution is 9.11. The average molecular weight is 335 g/mol. The Morgan fingerprint density at radius 2 is 1.88 bits per heavy atom. The molecule has 0 spiro atoms. The quantitative estimate of drug-likeness (QED) is 0.422. The van der Waals surface area contributed by atoms with E-state index in [0.717, 1.165) is 5.75 Å². The number of thiophene rings is 1. The molecule has 0 fully saturated rings. The van der Waals surface area contributed by atoms with Crippen LogP contribution in [0.2, 0.25) is 0 Å². The lowest BCUT2D eigenvalue weighted by Gasteiger charge is -1.98. The molecule has 17 heavy (non-hydrogen) atoms. The van der Waals surface area contributed by atoms with Gasteiger partial charge < -0.3 is 0 Å². The van der Waals surface area contributed by atoms with Crippen LogP contribution in [0, 0.1) is 0 Å². The van der Waals surface area contributed by atoms with Gasteiger partial charge in [0.2, 0.25) is 0 Å². The summed E-state index contributed by atoms with van der Waals surface area (Å²) < 4.78 is 1.36.